The molecule has 0 radical (unpaired) electrons. The highest BCUT2D eigenvalue weighted by Gasteiger charge is 2.14. The lowest BCUT2D eigenvalue weighted by Crippen LogP contribution is -2.13. The number of pyridine rings is 1. The van der Waals surface area contributed by atoms with Crippen molar-refractivity contribution in [1.82, 2.24) is 4.98 Å². The smallest absolute Gasteiger partial charge is 0.263 e. The molecule has 2 rings (SSSR count). The first kappa shape index (κ1) is 12.4. The average molecular weight is 264 g/mol. The summed E-state index contributed by atoms with van der Waals surface area (Å²) >= 11 is 0. The maximum Gasteiger partial charge on any atom is 0.263 e. The Morgan fingerprint density at radius 3 is 2.44 bits per heavy atom. The maximum absolute atomic E-state index is 12.0. The topological polar surface area (TPSA) is 68.3 Å². The number of hydrogen-bond acceptors (Lipinski definition) is 4. The van der Waals surface area contributed by atoms with Crippen LogP contribution in [0, 0.1) is 0 Å². The zero-order valence-corrected chi connectivity index (χ0v) is 10.5. The van der Waals surface area contributed by atoms with Gasteiger partial charge in [0, 0.05) is 6.07 Å². The lowest BCUT2D eigenvalue weighted by atomic mass is 10.4. The summed E-state index contributed by atoms with van der Waals surface area (Å²) in [6.45, 7) is 0. The number of ether oxygens (including phenoxy) is 1. The molecule has 0 saturated carbocycles. The Bertz CT molecular complexity index is 627. The summed E-state index contributed by atoms with van der Waals surface area (Å²) in [5, 5.41) is 0. The van der Waals surface area contributed by atoms with Crippen LogP contribution >= 0.6 is 0 Å². The molecule has 5 nitrogen and oxygen atoms in total. The van der Waals surface area contributed by atoms with Crippen molar-refractivity contribution in [3.63, 3.8) is 0 Å². The molecule has 0 saturated heterocycles. The monoisotopic (exact) mass is 264 g/mol. The highest BCUT2D eigenvalue weighted by atomic mass is 32.2. The van der Waals surface area contributed by atoms with Crippen LogP contribution < -0.4 is 9.46 Å². The quantitative estimate of drug-likeness (QED) is 0.915. The Morgan fingerprint density at radius 2 is 1.78 bits per heavy atom. The van der Waals surface area contributed by atoms with E-state index in [2.05, 4.69) is 9.71 Å². The van der Waals surface area contributed by atoms with Gasteiger partial charge in [0.25, 0.3) is 10.0 Å². The largest absolute Gasteiger partial charge is 0.481 e. The standard InChI is InChI=1S/C12H12N2O3S/c1-17-12-9-5-8-11(13-12)14-18(15,16)10-6-3-2-4-7-10/h2-9H,1H3,(H,13,14). The minimum atomic E-state index is -3.61. The molecular weight excluding hydrogens is 252 g/mol. The predicted octanol–water partition coefficient (Wildman–Crippen LogP) is 1.89. The van der Waals surface area contributed by atoms with Gasteiger partial charge in [-0.25, -0.2) is 8.42 Å². The van der Waals surface area contributed by atoms with Crippen LogP contribution in [0.4, 0.5) is 5.82 Å². The van der Waals surface area contributed by atoms with Crippen molar-refractivity contribution in [2.45, 2.75) is 4.90 Å². The van der Waals surface area contributed by atoms with Gasteiger partial charge in [0.2, 0.25) is 5.88 Å². The molecule has 1 aromatic carbocycles. The highest BCUT2D eigenvalue weighted by molar-refractivity contribution is 7.92. The lowest BCUT2D eigenvalue weighted by Gasteiger charge is -2.07. The molecule has 0 spiro atoms. The normalized spacial score (nSPS) is 10.9. The fraction of sp³-hybridized carbons (Fsp3) is 0.0833. The van der Waals surface area contributed by atoms with E-state index in [1.807, 2.05) is 0 Å². The van der Waals surface area contributed by atoms with Crippen molar-refractivity contribution >= 4 is 15.8 Å². The lowest BCUT2D eigenvalue weighted by molar-refractivity contribution is 0.398. The number of rotatable bonds is 4. The van der Waals surface area contributed by atoms with Crippen LogP contribution in [-0.2, 0) is 10.0 Å². The third kappa shape index (κ3) is 2.78. The third-order valence-corrected chi connectivity index (χ3v) is 3.60. The van der Waals surface area contributed by atoms with Crippen LogP contribution in [-0.4, -0.2) is 20.5 Å². The van der Waals surface area contributed by atoms with E-state index in [1.54, 1.807) is 36.4 Å². The van der Waals surface area contributed by atoms with Crippen LogP contribution in [0.25, 0.3) is 0 Å². The Kier molecular flexibility index (Phi) is 3.47. The highest BCUT2D eigenvalue weighted by Crippen LogP contribution is 2.16. The minimum Gasteiger partial charge on any atom is -0.481 e. The van der Waals surface area contributed by atoms with Crippen molar-refractivity contribution < 1.29 is 13.2 Å². The zero-order chi connectivity index (χ0) is 13.0. The molecule has 94 valence electrons. The number of anilines is 1. The van der Waals surface area contributed by atoms with Crippen molar-refractivity contribution in [3.8, 4) is 5.88 Å². The van der Waals surface area contributed by atoms with Crippen molar-refractivity contribution in [1.29, 1.82) is 0 Å². The Morgan fingerprint density at radius 1 is 1.06 bits per heavy atom. The molecule has 0 amide bonds. The second-order valence-electron chi connectivity index (χ2n) is 3.48. The van der Waals surface area contributed by atoms with Crippen molar-refractivity contribution in [2.75, 3.05) is 11.8 Å². The molecule has 18 heavy (non-hydrogen) atoms. The van der Waals surface area contributed by atoms with Gasteiger partial charge in [-0.15, -0.1) is 0 Å². The molecule has 0 aliphatic rings. The number of benzene rings is 1. The molecule has 0 aliphatic carbocycles. The minimum absolute atomic E-state index is 0.189. The summed E-state index contributed by atoms with van der Waals surface area (Å²) in [7, 11) is -2.14. The fourth-order valence-corrected chi connectivity index (χ4v) is 2.40. The molecule has 0 fully saturated rings. The number of methoxy groups -OCH3 is 1. The van der Waals surface area contributed by atoms with E-state index >= 15 is 0 Å². The first-order valence-corrected chi connectivity index (χ1v) is 6.69. The van der Waals surface area contributed by atoms with Crippen LogP contribution in [0.15, 0.2) is 53.4 Å². The molecular formula is C12H12N2O3S. The number of aromatic nitrogens is 1. The van der Waals surface area contributed by atoms with E-state index in [9.17, 15) is 8.42 Å². The molecule has 0 bridgehead atoms. The molecule has 0 unspecified atom stereocenters. The van der Waals surface area contributed by atoms with E-state index in [1.165, 1.54) is 19.2 Å². The average Bonchev–Trinajstić information content (AvgIpc) is 2.39. The van der Waals surface area contributed by atoms with E-state index < -0.39 is 10.0 Å². The summed E-state index contributed by atoms with van der Waals surface area (Å²) in [4.78, 5) is 4.18. The molecule has 1 heterocycles. The first-order chi connectivity index (χ1) is 8.62. The van der Waals surface area contributed by atoms with E-state index in [4.69, 9.17) is 4.74 Å². The van der Waals surface area contributed by atoms with Crippen molar-refractivity contribution in [2.24, 2.45) is 0 Å². The number of nitrogens with one attached hydrogen (secondary N) is 1. The van der Waals surface area contributed by atoms with Gasteiger partial charge in [0.15, 0.2) is 0 Å². The maximum atomic E-state index is 12.0. The van der Waals surface area contributed by atoms with Crippen LogP contribution in [0.2, 0.25) is 0 Å². The second-order valence-corrected chi connectivity index (χ2v) is 5.17. The molecule has 2 aromatic rings. The van der Waals surface area contributed by atoms with Gasteiger partial charge in [-0.1, -0.05) is 24.3 Å². The van der Waals surface area contributed by atoms with Gasteiger partial charge < -0.3 is 4.74 Å². The molecule has 1 N–H and O–H groups in total. The predicted molar refractivity (Wildman–Crippen MR) is 68.0 cm³/mol. The van der Waals surface area contributed by atoms with Crippen LogP contribution in [0.3, 0.4) is 0 Å². The van der Waals surface area contributed by atoms with Gasteiger partial charge in [-0.2, -0.15) is 4.98 Å². The van der Waals surface area contributed by atoms with Gasteiger partial charge >= 0.3 is 0 Å². The fourth-order valence-electron chi connectivity index (χ4n) is 1.38. The zero-order valence-electron chi connectivity index (χ0n) is 9.70. The van der Waals surface area contributed by atoms with Crippen LogP contribution in [0.5, 0.6) is 5.88 Å². The Balaban J connectivity index is 2.28. The summed E-state index contributed by atoms with van der Waals surface area (Å²) in [6.07, 6.45) is 0. The number of hydrogen-bond donors (Lipinski definition) is 1. The molecule has 0 atom stereocenters. The summed E-state index contributed by atoms with van der Waals surface area (Å²) in [5.41, 5.74) is 0. The van der Waals surface area contributed by atoms with Gasteiger partial charge in [0.05, 0.1) is 12.0 Å². The van der Waals surface area contributed by atoms with Gasteiger partial charge in [-0.3, -0.25) is 4.72 Å². The van der Waals surface area contributed by atoms with E-state index in [-0.39, 0.29) is 10.7 Å². The third-order valence-electron chi connectivity index (χ3n) is 2.23. The van der Waals surface area contributed by atoms with Crippen LogP contribution in [0.1, 0.15) is 0 Å². The summed E-state index contributed by atoms with van der Waals surface area (Å²) in [6, 6.07) is 13.0. The molecule has 0 aliphatic heterocycles. The second kappa shape index (κ2) is 5.05. The first-order valence-electron chi connectivity index (χ1n) is 5.21. The number of nitrogens with zero attached hydrogens (tertiary/aromatic N) is 1. The van der Waals surface area contributed by atoms with Gasteiger partial charge in [-0.05, 0) is 18.2 Å². The van der Waals surface area contributed by atoms with Gasteiger partial charge in [0.1, 0.15) is 5.82 Å². The molecule has 6 heteroatoms. The summed E-state index contributed by atoms with van der Waals surface area (Å²) < 4.78 is 31.3. The summed E-state index contributed by atoms with van der Waals surface area (Å²) in [5.74, 6) is 0.571. The van der Waals surface area contributed by atoms with E-state index in [0.717, 1.165) is 0 Å². The Hall–Kier alpha value is -2.08. The Labute approximate surface area is 105 Å². The molecule has 1 aromatic heterocycles. The van der Waals surface area contributed by atoms with Crippen molar-refractivity contribution in [3.05, 3.63) is 48.5 Å². The SMILES string of the molecule is COc1cccc(NS(=O)(=O)c2ccccc2)n1. The number of sulfonamides is 1. The van der Waals surface area contributed by atoms with E-state index in [0.29, 0.717) is 5.88 Å².